The maximum atomic E-state index is 12.3. The summed E-state index contributed by atoms with van der Waals surface area (Å²) in [6.07, 6.45) is 0.915. The van der Waals surface area contributed by atoms with Gasteiger partial charge in [-0.25, -0.2) is 9.88 Å². The van der Waals surface area contributed by atoms with Crippen LogP contribution in [0.1, 0.15) is 20.7 Å². The first-order valence-electron chi connectivity index (χ1n) is 5.68. The summed E-state index contributed by atoms with van der Waals surface area (Å²) in [5.74, 6) is -1.72. The van der Waals surface area contributed by atoms with Crippen LogP contribution in [-0.2, 0) is 0 Å². The third-order valence-electron chi connectivity index (χ3n) is 2.94. The van der Waals surface area contributed by atoms with Gasteiger partial charge in [0.2, 0.25) is 5.13 Å². The number of nitro benzene ring substituents is 1. The van der Waals surface area contributed by atoms with Crippen LogP contribution >= 0.6 is 11.3 Å². The number of nitrogens with zero attached hydrogens (tertiary/aromatic N) is 4. The highest BCUT2D eigenvalue weighted by Gasteiger charge is 2.43. The maximum absolute atomic E-state index is 12.3. The Kier molecular flexibility index (Phi) is 2.92. The number of imide groups is 1. The summed E-state index contributed by atoms with van der Waals surface area (Å²) in [6, 6.07) is 3.68. The van der Waals surface area contributed by atoms with Crippen LogP contribution in [0.15, 0.2) is 24.4 Å². The van der Waals surface area contributed by atoms with E-state index in [9.17, 15) is 29.8 Å². The molecular weight excluding hydrogens is 316 g/mol. The lowest BCUT2D eigenvalue weighted by Crippen LogP contribution is -2.29. The van der Waals surface area contributed by atoms with Gasteiger partial charge in [-0.1, -0.05) is 6.07 Å². The van der Waals surface area contributed by atoms with E-state index in [4.69, 9.17) is 0 Å². The Labute approximate surface area is 124 Å². The van der Waals surface area contributed by atoms with E-state index in [0.717, 1.165) is 12.3 Å². The monoisotopic (exact) mass is 320 g/mol. The smallest absolute Gasteiger partial charge is 0.268 e. The lowest BCUT2D eigenvalue weighted by Gasteiger charge is -2.07. The zero-order chi connectivity index (χ0) is 16.0. The van der Waals surface area contributed by atoms with Gasteiger partial charge in [0.05, 0.1) is 15.4 Å². The number of aromatic nitrogens is 1. The zero-order valence-electron chi connectivity index (χ0n) is 10.5. The van der Waals surface area contributed by atoms with Gasteiger partial charge < -0.3 is 0 Å². The number of rotatable bonds is 3. The Morgan fingerprint density at radius 3 is 2.41 bits per heavy atom. The summed E-state index contributed by atoms with van der Waals surface area (Å²) < 4.78 is 0. The van der Waals surface area contributed by atoms with E-state index >= 15 is 0 Å². The molecule has 0 bridgehead atoms. The summed E-state index contributed by atoms with van der Waals surface area (Å²) in [6.45, 7) is 0. The average molecular weight is 320 g/mol. The summed E-state index contributed by atoms with van der Waals surface area (Å²) >= 11 is 0.535. The van der Waals surface area contributed by atoms with Crippen molar-refractivity contribution in [1.29, 1.82) is 0 Å². The quantitative estimate of drug-likeness (QED) is 0.477. The van der Waals surface area contributed by atoms with Crippen LogP contribution in [-0.4, -0.2) is 26.6 Å². The third kappa shape index (κ3) is 1.83. The molecule has 0 unspecified atom stereocenters. The molecule has 110 valence electrons. The molecule has 0 fully saturated rings. The predicted octanol–water partition coefficient (Wildman–Crippen LogP) is 1.76. The first-order chi connectivity index (χ1) is 10.4. The van der Waals surface area contributed by atoms with Crippen LogP contribution in [0.2, 0.25) is 0 Å². The van der Waals surface area contributed by atoms with Gasteiger partial charge >= 0.3 is 5.00 Å². The van der Waals surface area contributed by atoms with E-state index in [2.05, 4.69) is 4.98 Å². The Balaban J connectivity index is 2.12. The standard InChI is InChI=1S/C11H4N4O6S/c16-9-5-2-1-3-6(14(18)19)8(5)10(17)13(9)11-12-4-7(22-11)15(20)21/h1-4H. The van der Waals surface area contributed by atoms with Crippen LogP contribution in [0.5, 0.6) is 0 Å². The minimum absolute atomic E-state index is 0.128. The lowest BCUT2D eigenvalue weighted by atomic mass is 10.1. The lowest BCUT2D eigenvalue weighted by molar-refractivity contribution is -0.385. The molecule has 22 heavy (non-hydrogen) atoms. The molecule has 1 aromatic heterocycles. The molecule has 2 heterocycles. The molecule has 10 nitrogen and oxygen atoms in total. The fourth-order valence-corrected chi connectivity index (χ4v) is 2.77. The Bertz CT molecular complexity index is 860. The molecular formula is C11H4N4O6S. The van der Waals surface area contributed by atoms with Crippen LogP contribution in [0.3, 0.4) is 0 Å². The van der Waals surface area contributed by atoms with Crippen molar-refractivity contribution in [1.82, 2.24) is 4.98 Å². The molecule has 11 heteroatoms. The Hall–Kier alpha value is -3.21. The highest BCUT2D eigenvalue weighted by molar-refractivity contribution is 7.19. The molecule has 0 saturated carbocycles. The summed E-state index contributed by atoms with van der Waals surface area (Å²) in [7, 11) is 0. The molecule has 0 aliphatic carbocycles. The van der Waals surface area contributed by atoms with E-state index in [-0.39, 0.29) is 21.3 Å². The van der Waals surface area contributed by atoms with Gasteiger partial charge in [-0.15, -0.1) is 0 Å². The molecule has 0 spiro atoms. The molecule has 0 radical (unpaired) electrons. The summed E-state index contributed by atoms with van der Waals surface area (Å²) in [4.78, 5) is 49.0. The molecule has 3 rings (SSSR count). The van der Waals surface area contributed by atoms with Gasteiger partial charge in [-0.05, 0) is 17.4 Å². The molecule has 0 atom stereocenters. The fraction of sp³-hybridized carbons (Fsp3) is 0. The number of nitro groups is 2. The van der Waals surface area contributed by atoms with Gasteiger partial charge in [0.1, 0.15) is 11.8 Å². The number of carbonyl (C=O) groups excluding carboxylic acids is 2. The Morgan fingerprint density at radius 2 is 1.82 bits per heavy atom. The average Bonchev–Trinajstić information content (AvgIpc) is 3.04. The highest BCUT2D eigenvalue weighted by atomic mass is 32.1. The Morgan fingerprint density at radius 1 is 1.09 bits per heavy atom. The van der Waals surface area contributed by atoms with E-state index in [1.165, 1.54) is 12.1 Å². The largest absolute Gasteiger partial charge is 0.345 e. The maximum Gasteiger partial charge on any atom is 0.345 e. The van der Waals surface area contributed by atoms with Crippen molar-refractivity contribution < 1.29 is 19.4 Å². The minimum atomic E-state index is -0.920. The van der Waals surface area contributed by atoms with E-state index in [1.54, 1.807) is 0 Å². The van der Waals surface area contributed by atoms with Crippen LogP contribution in [0.4, 0.5) is 15.8 Å². The second-order valence-electron chi connectivity index (χ2n) is 4.14. The van der Waals surface area contributed by atoms with Gasteiger partial charge in [-0.2, -0.15) is 0 Å². The van der Waals surface area contributed by atoms with E-state index in [1.807, 2.05) is 0 Å². The second-order valence-corrected chi connectivity index (χ2v) is 5.13. The molecule has 0 N–H and O–H groups in total. The number of hydrogen-bond acceptors (Lipinski definition) is 8. The SMILES string of the molecule is O=C1c2cccc([N+](=O)[O-])c2C(=O)N1c1ncc([N+](=O)[O-])s1. The van der Waals surface area contributed by atoms with Crippen molar-refractivity contribution in [2.24, 2.45) is 0 Å². The third-order valence-corrected chi connectivity index (χ3v) is 3.88. The number of fused-ring (bicyclic) bond motifs is 1. The molecule has 2 amide bonds. The van der Waals surface area contributed by atoms with Crippen molar-refractivity contribution in [3.05, 3.63) is 55.8 Å². The fourth-order valence-electron chi connectivity index (χ4n) is 2.04. The number of carbonyl (C=O) groups is 2. The topological polar surface area (TPSA) is 137 Å². The number of benzene rings is 1. The van der Waals surface area contributed by atoms with Crippen molar-refractivity contribution in [3.63, 3.8) is 0 Å². The number of thiazole rings is 1. The van der Waals surface area contributed by atoms with Crippen molar-refractivity contribution in [2.75, 3.05) is 4.90 Å². The predicted molar refractivity (Wildman–Crippen MR) is 73.0 cm³/mol. The molecule has 1 aliphatic rings. The second kappa shape index (κ2) is 4.66. The van der Waals surface area contributed by atoms with Gasteiger partial charge in [0.15, 0.2) is 0 Å². The van der Waals surface area contributed by atoms with Crippen LogP contribution in [0.25, 0.3) is 0 Å². The normalized spacial score (nSPS) is 13.4. The van der Waals surface area contributed by atoms with E-state index < -0.39 is 27.3 Å². The van der Waals surface area contributed by atoms with Gasteiger partial charge in [0, 0.05) is 6.07 Å². The number of anilines is 1. The van der Waals surface area contributed by atoms with Crippen molar-refractivity contribution in [3.8, 4) is 0 Å². The number of hydrogen-bond donors (Lipinski definition) is 0. The molecule has 0 saturated heterocycles. The number of amides is 2. The van der Waals surface area contributed by atoms with Crippen LogP contribution in [0, 0.1) is 20.2 Å². The molecule has 2 aromatic rings. The van der Waals surface area contributed by atoms with E-state index in [0.29, 0.717) is 16.2 Å². The van der Waals surface area contributed by atoms with Gasteiger partial charge in [0.25, 0.3) is 17.5 Å². The summed E-state index contributed by atoms with van der Waals surface area (Å²) in [5, 5.41) is 21.1. The first kappa shape index (κ1) is 13.8. The zero-order valence-corrected chi connectivity index (χ0v) is 11.3. The van der Waals surface area contributed by atoms with Crippen LogP contribution < -0.4 is 4.90 Å². The van der Waals surface area contributed by atoms with Crippen molar-refractivity contribution in [2.45, 2.75) is 0 Å². The first-order valence-corrected chi connectivity index (χ1v) is 6.50. The minimum Gasteiger partial charge on any atom is -0.268 e. The molecule has 1 aromatic carbocycles. The molecule has 1 aliphatic heterocycles. The van der Waals surface area contributed by atoms with Gasteiger partial charge in [-0.3, -0.25) is 29.8 Å². The van der Waals surface area contributed by atoms with Crippen molar-refractivity contribution >= 4 is 39.0 Å². The highest BCUT2D eigenvalue weighted by Crippen LogP contribution is 2.37. The summed E-state index contributed by atoms with van der Waals surface area (Å²) in [5.41, 5.74) is -0.961.